The van der Waals surface area contributed by atoms with Crippen LogP contribution in [0.1, 0.15) is 5.69 Å². The van der Waals surface area contributed by atoms with Crippen molar-refractivity contribution in [1.29, 1.82) is 0 Å². The summed E-state index contributed by atoms with van der Waals surface area (Å²) in [6.07, 6.45) is 3.74. The fourth-order valence-corrected chi connectivity index (χ4v) is 2.38. The van der Waals surface area contributed by atoms with Gasteiger partial charge in [0, 0.05) is 18.8 Å². The molecule has 5 heteroatoms. The van der Waals surface area contributed by atoms with Gasteiger partial charge in [0.05, 0.1) is 11.4 Å². The van der Waals surface area contributed by atoms with Crippen molar-refractivity contribution in [3.8, 4) is 11.3 Å². The highest BCUT2D eigenvalue weighted by molar-refractivity contribution is 7.98. The third-order valence-corrected chi connectivity index (χ3v) is 3.20. The largest absolute Gasteiger partial charge is 0.384 e. The number of nitrogens with two attached hydrogens (primary N) is 1. The second-order valence-electron chi connectivity index (χ2n) is 3.56. The third-order valence-electron chi connectivity index (χ3n) is 2.47. The summed E-state index contributed by atoms with van der Waals surface area (Å²) in [7, 11) is 2.01. The Morgan fingerprint density at radius 1 is 1.44 bits per heavy atom. The number of pyridine rings is 1. The molecule has 0 saturated carbocycles. The summed E-state index contributed by atoms with van der Waals surface area (Å²) in [6.45, 7) is 2.01. The zero-order valence-corrected chi connectivity index (χ0v) is 10.4. The van der Waals surface area contributed by atoms with Crippen molar-refractivity contribution in [2.24, 2.45) is 7.05 Å². The van der Waals surface area contributed by atoms with Crippen LogP contribution in [-0.2, 0) is 7.05 Å². The van der Waals surface area contributed by atoms with Crippen LogP contribution in [-0.4, -0.2) is 20.8 Å². The average Bonchev–Trinajstić information content (AvgIpc) is 2.53. The lowest BCUT2D eigenvalue weighted by Gasteiger charge is -2.05. The van der Waals surface area contributed by atoms with Gasteiger partial charge in [0.1, 0.15) is 5.82 Å². The highest BCUT2D eigenvalue weighted by Crippen LogP contribution is 2.27. The molecule has 0 aliphatic heterocycles. The number of anilines is 1. The van der Waals surface area contributed by atoms with Gasteiger partial charge in [-0.05, 0) is 25.3 Å². The van der Waals surface area contributed by atoms with Crippen molar-refractivity contribution in [2.45, 2.75) is 12.1 Å². The molecule has 0 aliphatic carbocycles. The molecule has 4 nitrogen and oxygen atoms in total. The topological polar surface area (TPSA) is 56.7 Å². The molecule has 0 atom stereocenters. The van der Waals surface area contributed by atoms with Gasteiger partial charge < -0.3 is 10.3 Å². The van der Waals surface area contributed by atoms with E-state index in [1.165, 1.54) is 0 Å². The standard InChI is InChI=1S/C11H14N4S/c1-7-10(15(2)11(14-7)16-3)8-4-5-13-9(12)6-8/h4-6H,1-3H3,(H2,12,13). The molecule has 0 saturated heterocycles. The number of thioether (sulfide) groups is 1. The van der Waals surface area contributed by atoms with Gasteiger partial charge in [-0.2, -0.15) is 0 Å². The molecule has 2 aromatic rings. The fourth-order valence-electron chi connectivity index (χ4n) is 1.79. The number of aryl methyl sites for hydroxylation is 1. The van der Waals surface area contributed by atoms with Crippen LogP contribution >= 0.6 is 11.8 Å². The molecule has 0 aliphatic rings. The van der Waals surface area contributed by atoms with Crippen LogP contribution in [0, 0.1) is 6.92 Å². The number of hydrogen-bond acceptors (Lipinski definition) is 4. The van der Waals surface area contributed by atoms with E-state index >= 15 is 0 Å². The minimum Gasteiger partial charge on any atom is -0.384 e. The number of imidazole rings is 1. The van der Waals surface area contributed by atoms with Crippen LogP contribution in [0.5, 0.6) is 0 Å². The molecule has 0 fully saturated rings. The molecule has 0 aromatic carbocycles. The minimum absolute atomic E-state index is 0.531. The maximum absolute atomic E-state index is 5.69. The number of hydrogen-bond donors (Lipinski definition) is 1. The van der Waals surface area contributed by atoms with Crippen molar-refractivity contribution in [3.05, 3.63) is 24.0 Å². The summed E-state index contributed by atoms with van der Waals surface area (Å²) in [6, 6.07) is 3.82. The first-order valence-corrected chi connectivity index (χ1v) is 6.15. The second-order valence-corrected chi connectivity index (χ2v) is 4.33. The maximum Gasteiger partial charge on any atom is 0.168 e. The quantitative estimate of drug-likeness (QED) is 0.808. The SMILES string of the molecule is CSc1nc(C)c(-c2ccnc(N)c2)n1C. The number of nitrogens with zero attached hydrogens (tertiary/aromatic N) is 3. The van der Waals surface area contributed by atoms with E-state index in [0.717, 1.165) is 22.1 Å². The van der Waals surface area contributed by atoms with Gasteiger partial charge in [-0.25, -0.2) is 9.97 Å². The van der Waals surface area contributed by atoms with E-state index < -0.39 is 0 Å². The van der Waals surface area contributed by atoms with E-state index in [9.17, 15) is 0 Å². The van der Waals surface area contributed by atoms with Crippen LogP contribution < -0.4 is 5.73 Å². The number of rotatable bonds is 2. The maximum atomic E-state index is 5.69. The van der Waals surface area contributed by atoms with E-state index in [1.54, 1.807) is 18.0 Å². The lowest BCUT2D eigenvalue weighted by atomic mass is 10.1. The van der Waals surface area contributed by atoms with E-state index in [4.69, 9.17) is 5.73 Å². The predicted molar refractivity (Wildman–Crippen MR) is 67.4 cm³/mol. The first-order chi connectivity index (χ1) is 7.63. The van der Waals surface area contributed by atoms with Crippen molar-refractivity contribution in [3.63, 3.8) is 0 Å². The summed E-state index contributed by atoms with van der Waals surface area (Å²) in [5, 5.41) is 1.00. The molecule has 16 heavy (non-hydrogen) atoms. The Hall–Kier alpha value is -1.49. The lowest BCUT2D eigenvalue weighted by molar-refractivity contribution is 0.798. The number of aromatic nitrogens is 3. The Balaban J connectivity index is 2.60. The molecule has 2 N–H and O–H groups in total. The molecule has 0 spiro atoms. The molecule has 0 unspecified atom stereocenters. The smallest absolute Gasteiger partial charge is 0.168 e. The predicted octanol–water partition coefficient (Wildman–Crippen LogP) is 2.09. The molecule has 84 valence electrons. The first kappa shape index (κ1) is 11.0. The van der Waals surface area contributed by atoms with Crippen LogP contribution in [0.3, 0.4) is 0 Å². The summed E-state index contributed by atoms with van der Waals surface area (Å²) >= 11 is 1.63. The van der Waals surface area contributed by atoms with Gasteiger partial charge >= 0.3 is 0 Å². The summed E-state index contributed by atoms with van der Waals surface area (Å²) < 4.78 is 2.08. The summed E-state index contributed by atoms with van der Waals surface area (Å²) in [5.41, 5.74) is 8.85. The third kappa shape index (κ3) is 1.78. The van der Waals surface area contributed by atoms with Crippen molar-refractivity contribution >= 4 is 17.6 Å². The molecule has 0 bridgehead atoms. The van der Waals surface area contributed by atoms with Crippen LogP contribution in [0.25, 0.3) is 11.3 Å². The van der Waals surface area contributed by atoms with Gasteiger partial charge in [-0.1, -0.05) is 11.8 Å². The van der Waals surface area contributed by atoms with Gasteiger partial charge in [-0.15, -0.1) is 0 Å². The first-order valence-electron chi connectivity index (χ1n) is 4.92. The molecule has 2 aromatic heterocycles. The van der Waals surface area contributed by atoms with Gasteiger partial charge in [0.2, 0.25) is 0 Å². The molecule has 2 rings (SSSR count). The zero-order chi connectivity index (χ0) is 11.7. The van der Waals surface area contributed by atoms with E-state index in [0.29, 0.717) is 5.82 Å². The zero-order valence-electron chi connectivity index (χ0n) is 9.56. The molecular formula is C11H14N4S. The minimum atomic E-state index is 0.531. The van der Waals surface area contributed by atoms with Crippen molar-refractivity contribution in [2.75, 3.05) is 12.0 Å². The van der Waals surface area contributed by atoms with E-state index in [1.807, 2.05) is 32.4 Å². The monoisotopic (exact) mass is 234 g/mol. The Morgan fingerprint density at radius 3 is 2.75 bits per heavy atom. The Kier molecular flexibility index (Phi) is 2.87. The van der Waals surface area contributed by atoms with Gasteiger partial charge in [0.25, 0.3) is 0 Å². The highest BCUT2D eigenvalue weighted by Gasteiger charge is 2.12. The van der Waals surface area contributed by atoms with Gasteiger partial charge in [-0.3, -0.25) is 0 Å². The van der Waals surface area contributed by atoms with Crippen LogP contribution in [0.2, 0.25) is 0 Å². The number of nitrogen functional groups attached to an aromatic ring is 1. The lowest BCUT2D eigenvalue weighted by Crippen LogP contribution is -1.96. The molecule has 2 heterocycles. The van der Waals surface area contributed by atoms with E-state index in [2.05, 4.69) is 14.5 Å². The summed E-state index contributed by atoms with van der Waals surface area (Å²) in [5.74, 6) is 0.531. The molecular weight excluding hydrogens is 220 g/mol. The van der Waals surface area contributed by atoms with Crippen molar-refractivity contribution in [1.82, 2.24) is 14.5 Å². The second kappa shape index (κ2) is 4.17. The molecule has 0 radical (unpaired) electrons. The average molecular weight is 234 g/mol. The van der Waals surface area contributed by atoms with Gasteiger partial charge in [0.15, 0.2) is 5.16 Å². The van der Waals surface area contributed by atoms with E-state index in [-0.39, 0.29) is 0 Å². The Morgan fingerprint density at radius 2 is 2.19 bits per heavy atom. The summed E-state index contributed by atoms with van der Waals surface area (Å²) in [4.78, 5) is 8.49. The van der Waals surface area contributed by atoms with Crippen LogP contribution in [0.4, 0.5) is 5.82 Å². The Labute approximate surface area is 98.9 Å². The highest BCUT2D eigenvalue weighted by atomic mass is 32.2. The molecule has 0 amide bonds. The fraction of sp³-hybridized carbons (Fsp3) is 0.273. The van der Waals surface area contributed by atoms with Crippen LogP contribution in [0.15, 0.2) is 23.5 Å². The Bertz CT molecular complexity index is 519. The van der Waals surface area contributed by atoms with Crippen molar-refractivity contribution < 1.29 is 0 Å². The normalized spacial score (nSPS) is 10.7.